The highest BCUT2D eigenvalue weighted by Gasteiger charge is 2.21. The predicted molar refractivity (Wildman–Crippen MR) is 112 cm³/mol. The van der Waals surface area contributed by atoms with Crippen LogP contribution in [0.3, 0.4) is 0 Å². The van der Waals surface area contributed by atoms with E-state index in [0.717, 1.165) is 65.1 Å². The molecule has 0 radical (unpaired) electrons. The molecule has 8 nitrogen and oxygen atoms in total. The van der Waals surface area contributed by atoms with Crippen LogP contribution in [0.25, 0.3) is 0 Å². The van der Waals surface area contributed by atoms with Crippen molar-refractivity contribution in [1.29, 1.82) is 0 Å². The number of likely N-dealkylation sites (N-methyl/N-ethyl adjacent to an activating group) is 1. The summed E-state index contributed by atoms with van der Waals surface area (Å²) in [5, 5.41) is 6.89. The molecule has 0 spiro atoms. The molecule has 0 aromatic rings. The fourth-order valence-corrected chi connectivity index (χ4v) is 3.37. The third-order valence-corrected chi connectivity index (χ3v) is 5.18. The maximum absolute atomic E-state index is 11.9. The Balaban J connectivity index is 1.78. The number of carbonyl (C=O) groups is 1. The third-order valence-electron chi connectivity index (χ3n) is 5.18. The van der Waals surface area contributed by atoms with E-state index in [1.54, 1.807) is 19.0 Å². The molecule has 0 aromatic carbocycles. The van der Waals surface area contributed by atoms with Crippen LogP contribution in [0, 0.1) is 0 Å². The second-order valence-corrected chi connectivity index (χ2v) is 8.15. The van der Waals surface area contributed by atoms with E-state index in [9.17, 15) is 4.79 Å². The summed E-state index contributed by atoms with van der Waals surface area (Å²) >= 11 is 0. The van der Waals surface area contributed by atoms with Crippen molar-refractivity contribution in [1.82, 2.24) is 20.4 Å². The normalized spacial score (nSPS) is 21.9. The van der Waals surface area contributed by atoms with Gasteiger partial charge in [0.2, 0.25) is 5.91 Å². The number of aliphatic imine (C=N–C) groups is 1. The van der Waals surface area contributed by atoms with Gasteiger partial charge in [0.25, 0.3) is 0 Å². The smallest absolute Gasteiger partial charge is 0.243 e. The highest BCUT2D eigenvalue weighted by atomic mass is 16.5. The van der Waals surface area contributed by atoms with E-state index < -0.39 is 0 Å². The summed E-state index contributed by atoms with van der Waals surface area (Å²) in [4.78, 5) is 20.4. The van der Waals surface area contributed by atoms with Crippen molar-refractivity contribution in [2.75, 3.05) is 60.0 Å². The van der Waals surface area contributed by atoms with Gasteiger partial charge in [-0.15, -0.1) is 0 Å². The molecule has 162 valence electrons. The Morgan fingerprint density at radius 1 is 1.29 bits per heavy atom. The number of piperidine rings is 1. The van der Waals surface area contributed by atoms with E-state index in [1.165, 1.54) is 0 Å². The molecule has 1 unspecified atom stereocenters. The molecule has 0 aromatic heterocycles. The highest BCUT2D eigenvalue weighted by Crippen LogP contribution is 2.12. The van der Waals surface area contributed by atoms with Crippen molar-refractivity contribution in [2.24, 2.45) is 4.99 Å². The van der Waals surface area contributed by atoms with Gasteiger partial charge in [-0.2, -0.15) is 0 Å². The molecule has 2 heterocycles. The van der Waals surface area contributed by atoms with Crippen molar-refractivity contribution < 1.29 is 14.3 Å². The summed E-state index contributed by atoms with van der Waals surface area (Å²) < 4.78 is 11.3. The van der Waals surface area contributed by atoms with Crippen molar-refractivity contribution in [3.8, 4) is 0 Å². The molecule has 0 saturated carbocycles. The first-order chi connectivity index (χ1) is 13.4. The number of hydrogen-bond acceptors (Lipinski definition) is 5. The maximum Gasteiger partial charge on any atom is 0.243 e. The Hall–Kier alpha value is -1.38. The minimum atomic E-state index is -0.00168. The van der Waals surface area contributed by atoms with Crippen LogP contribution in [-0.4, -0.2) is 99.9 Å². The van der Waals surface area contributed by atoms with Gasteiger partial charge in [-0.1, -0.05) is 0 Å². The lowest BCUT2D eigenvalue weighted by atomic mass is 10.1. The molecule has 28 heavy (non-hydrogen) atoms. The van der Waals surface area contributed by atoms with Crippen LogP contribution in [-0.2, 0) is 14.3 Å². The molecule has 2 aliphatic heterocycles. The summed E-state index contributed by atoms with van der Waals surface area (Å²) in [6.45, 7) is 9.74. The summed E-state index contributed by atoms with van der Waals surface area (Å²) in [6, 6.07) is 0.368. The second-order valence-electron chi connectivity index (χ2n) is 8.15. The molecule has 2 rings (SSSR count). The maximum atomic E-state index is 11.9. The molecule has 1 atom stereocenters. The standard InChI is InChI=1S/C20H39N5O3/c1-16(2)27-13-11-25-9-7-17(8-10-25)23-20(22-15-19(26)24(3)4)21-14-18-6-5-12-28-18/h16-18H,5-15H2,1-4H3,(H2,21,22,23). The van der Waals surface area contributed by atoms with Crippen molar-refractivity contribution in [2.45, 2.75) is 57.8 Å². The number of nitrogens with zero attached hydrogens (tertiary/aromatic N) is 3. The van der Waals surface area contributed by atoms with Gasteiger partial charge in [-0.05, 0) is 39.5 Å². The van der Waals surface area contributed by atoms with E-state index in [0.29, 0.717) is 12.0 Å². The fraction of sp³-hybridized carbons (Fsp3) is 0.900. The Labute approximate surface area is 170 Å². The first-order valence-electron chi connectivity index (χ1n) is 10.6. The zero-order valence-corrected chi connectivity index (χ0v) is 18.1. The fourth-order valence-electron chi connectivity index (χ4n) is 3.37. The summed E-state index contributed by atoms with van der Waals surface area (Å²) in [7, 11) is 3.51. The van der Waals surface area contributed by atoms with E-state index in [1.807, 2.05) is 0 Å². The number of amides is 1. The number of hydrogen-bond donors (Lipinski definition) is 2. The van der Waals surface area contributed by atoms with Crippen molar-refractivity contribution in [3.05, 3.63) is 0 Å². The number of carbonyl (C=O) groups excluding carboxylic acids is 1. The lowest BCUT2D eigenvalue weighted by molar-refractivity contribution is -0.127. The molecule has 2 fully saturated rings. The first kappa shape index (κ1) is 22.9. The van der Waals surface area contributed by atoms with Crippen LogP contribution >= 0.6 is 0 Å². The highest BCUT2D eigenvalue weighted by molar-refractivity contribution is 5.84. The van der Waals surface area contributed by atoms with Gasteiger partial charge in [0, 0.05) is 52.9 Å². The first-order valence-corrected chi connectivity index (χ1v) is 10.6. The van der Waals surface area contributed by atoms with Crippen LogP contribution in [0.1, 0.15) is 39.5 Å². The molecule has 0 aliphatic carbocycles. The largest absolute Gasteiger partial charge is 0.377 e. The Bertz CT molecular complexity index is 484. The van der Waals surface area contributed by atoms with E-state index in [4.69, 9.17) is 9.47 Å². The van der Waals surface area contributed by atoms with Gasteiger partial charge < -0.3 is 29.9 Å². The third kappa shape index (κ3) is 8.75. The van der Waals surface area contributed by atoms with Crippen LogP contribution in [0.5, 0.6) is 0 Å². The number of ether oxygens (including phenoxy) is 2. The summed E-state index contributed by atoms with van der Waals surface area (Å²) in [5.41, 5.74) is 0. The lowest BCUT2D eigenvalue weighted by Crippen LogP contribution is -2.50. The Morgan fingerprint density at radius 2 is 2.04 bits per heavy atom. The minimum Gasteiger partial charge on any atom is -0.377 e. The van der Waals surface area contributed by atoms with E-state index >= 15 is 0 Å². The molecule has 0 bridgehead atoms. The van der Waals surface area contributed by atoms with Gasteiger partial charge in [0.05, 0.1) is 18.8 Å². The van der Waals surface area contributed by atoms with Crippen molar-refractivity contribution >= 4 is 11.9 Å². The number of nitrogens with one attached hydrogen (secondary N) is 2. The van der Waals surface area contributed by atoms with Gasteiger partial charge >= 0.3 is 0 Å². The lowest BCUT2D eigenvalue weighted by Gasteiger charge is -2.33. The van der Waals surface area contributed by atoms with Crippen LogP contribution in [0.15, 0.2) is 4.99 Å². The Morgan fingerprint density at radius 3 is 2.64 bits per heavy atom. The number of guanidine groups is 1. The van der Waals surface area contributed by atoms with Crippen LogP contribution in [0.4, 0.5) is 0 Å². The zero-order valence-electron chi connectivity index (χ0n) is 18.1. The minimum absolute atomic E-state index is 0.00168. The average molecular weight is 398 g/mol. The van der Waals surface area contributed by atoms with Gasteiger partial charge in [0.15, 0.2) is 5.96 Å². The predicted octanol–water partition coefficient (Wildman–Crippen LogP) is 0.678. The number of rotatable bonds is 9. The van der Waals surface area contributed by atoms with Gasteiger partial charge in [-0.25, -0.2) is 4.99 Å². The van der Waals surface area contributed by atoms with E-state index in [-0.39, 0.29) is 24.7 Å². The SMILES string of the molecule is CC(C)OCCN1CCC(NC(=NCC(=O)N(C)C)NCC2CCCO2)CC1. The topological polar surface area (TPSA) is 78.4 Å². The van der Waals surface area contributed by atoms with Crippen molar-refractivity contribution in [3.63, 3.8) is 0 Å². The second kappa shape index (κ2) is 12.2. The monoisotopic (exact) mass is 397 g/mol. The zero-order chi connectivity index (χ0) is 20.4. The average Bonchev–Trinajstić information content (AvgIpc) is 3.18. The molecular weight excluding hydrogens is 358 g/mol. The molecular formula is C20H39N5O3. The quantitative estimate of drug-likeness (QED) is 0.440. The van der Waals surface area contributed by atoms with Gasteiger partial charge in [0.1, 0.15) is 6.54 Å². The summed E-state index contributed by atoms with van der Waals surface area (Å²) in [6.07, 6.45) is 4.84. The van der Waals surface area contributed by atoms with Crippen LogP contribution < -0.4 is 10.6 Å². The molecule has 2 aliphatic rings. The summed E-state index contributed by atoms with van der Waals surface area (Å²) in [5.74, 6) is 0.713. The van der Waals surface area contributed by atoms with E-state index in [2.05, 4.69) is 34.4 Å². The number of likely N-dealkylation sites (tertiary alicyclic amines) is 1. The molecule has 8 heteroatoms. The molecule has 2 saturated heterocycles. The van der Waals surface area contributed by atoms with Gasteiger partial charge in [-0.3, -0.25) is 4.79 Å². The Kier molecular flexibility index (Phi) is 10.0. The molecule has 2 N–H and O–H groups in total. The molecule has 1 amide bonds. The van der Waals surface area contributed by atoms with Crippen LogP contribution in [0.2, 0.25) is 0 Å².